The van der Waals surface area contributed by atoms with Crippen molar-refractivity contribution >= 4 is 44.7 Å². The standard InChI is InChI=1S/C13H15N3O3S2.C7H16N2S/c1-8-3-4-10(9(2)12-15-5-6-20-12)7-11(8)21(18,19)16-13(14)17;1-3-4-5-6-9-7(10)8-2/h3-7,9H,1-2H3,(H3,14,16,17);3-6H2,1-2H3,(H2,8,9,10). The first-order chi connectivity index (χ1) is 14.6. The Bertz CT molecular complexity index is 947. The molecule has 0 radical (unpaired) electrons. The van der Waals surface area contributed by atoms with Gasteiger partial charge in [0, 0.05) is 31.1 Å². The molecule has 0 bridgehead atoms. The number of aryl methyl sites for hydroxylation is 1. The lowest BCUT2D eigenvalue weighted by atomic mass is 10.0. The topological polar surface area (TPSA) is 126 Å². The van der Waals surface area contributed by atoms with Crippen LogP contribution in [0.5, 0.6) is 0 Å². The molecule has 1 aromatic heterocycles. The van der Waals surface area contributed by atoms with E-state index in [1.165, 1.54) is 30.6 Å². The summed E-state index contributed by atoms with van der Waals surface area (Å²) in [6, 6.07) is 4.00. The molecule has 1 unspecified atom stereocenters. The first kappa shape index (κ1) is 26.8. The average Bonchev–Trinajstić information content (AvgIpc) is 3.25. The lowest BCUT2D eigenvalue weighted by Gasteiger charge is -2.13. The number of thiazole rings is 1. The normalized spacial score (nSPS) is 11.6. The molecule has 0 fully saturated rings. The van der Waals surface area contributed by atoms with Crippen molar-refractivity contribution in [3.63, 3.8) is 0 Å². The van der Waals surface area contributed by atoms with Gasteiger partial charge in [0.2, 0.25) is 0 Å². The Morgan fingerprint density at radius 2 is 2.03 bits per heavy atom. The zero-order valence-corrected chi connectivity index (χ0v) is 20.7. The number of rotatable bonds is 8. The summed E-state index contributed by atoms with van der Waals surface area (Å²) in [6.45, 7) is 6.79. The van der Waals surface area contributed by atoms with Gasteiger partial charge in [-0.25, -0.2) is 22.9 Å². The van der Waals surface area contributed by atoms with Gasteiger partial charge in [-0.1, -0.05) is 38.8 Å². The number of carbonyl (C=O) groups is 1. The van der Waals surface area contributed by atoms with Gasteiger partial charge in [0.15, 0.2) is 5.11 Å². The number of aromatic nitrogens is 1. The number of amides is 2. The molecule has 0 saturated carbocycles. The van der Waals surface area contributed by atoms with Crippen molar-refractivity contribution in [2.75, 3.05) is 13.6 Å². The molecule has 0 saturated heterocycles. The quantitative estimate of drug-likeness (QED) is 0.334. The third kappa shape index (κ3) is 9.19. The Labute approximate surface area is 194 Å². The van der Waals surface area contributed by atoms with Crippen LogP contribution in [0, 0.1) is 6.92 Å². The summed E-state index contributed by atoms with van der Waals surface area (Å²) < 4.78 is 26.0. The van der Waals surface area contributed by atoms with Crippen LogP contribution >= 0.6 is 23.6 Å². The monoisotopic (exact) mass is 485 g/mol. The van der Waals surface area contributed by atoms with E-state index in [0.29, 0.717) is 5.56 Å². The van der Waals surface area contributed by atoms with Gasteiger partial charge in [0.25, 0.3) is 10.0 Å². The van der Waals surface area contributed by atoms with E-state index in [4.69, 9.17) is 18.0 Å². The summed E-state index contributed by atoms with van der Waals surface area (Å²) in [5, 5.41) is 9.46. The van der Waals surface area contributed by atoms with E-state index in [2.05, 4.69) is 22.5 Å². The van der Waals surface area contributed by atoms with Gasteiger partial charge < -0.3 is 16.4 Å². The van der Waals surface area contributed by atoms with Crippen LogP contribution < -0.4 is 21.1 Å². The van der Waals surface area contributed by atoms with E-state index in [-0.39, 0.29) is 10.8 Å². The van der Waals surface area contributed by atoms with E-state index in [1.807, 2.05) is 25.4 Å². The fourth-order valence-electron chi connectivity index (χ4n) is 2.62. The average molecular weight is 486 g/mol. The van der Waals surface area contributed by atoms with Gasteiger partial charge in [0.1, 0.15) is 0 Å². The zero-order valence-electron chi connectivity index (χ0n) is 18.3. The molecule has 2 amide bonds. The predicted octanol–water partition coefficient (Wildman–Crippen LogP) is 3.23. The number of nitrogens with one attached hydrogen (secondary N) is 3. The number of sulfonamides is 1. The smallest absolute Gasteiger partial charge is 0.326 e. The Morgan fingerprint density at radius 3 is 2.58 bits per heavy atom. The van der Waals surface area contributed by atoms with Crippen molar-refractivity contribution in [1.82, 2.24) is 20.3 Å². The number of carbonyl (C=O) groups excluding carboxylic acids is 1. The van der Waals surface area contributed by atoms with Crippen molar-refractivity contribution in [1.29, 1.82) is 0 Å². The molecule has 172 valence electrons. The molecule has 0 aliphatic heterocycles. The molecule has 5 N–H and O–H groups in total. The van der Waals surface area contributed by atoms with E-state index in [9.17, 15) is 13.2 Å². The van der Waals surface area contributed by atoms with Gasteiger partial charge in [-0.2, -0.15) is 0 Å². The molecule has 31 heavy (non-hydrogen) atoms. The number of urea groups is 1. The number of hydrogen-bond donors (Lipinski definition) is 4. The molecule has 0 aliphatic carbocycles. The Kier molecular flexibility index (Phi) is 11.4. The molecule has 0 spiro atoms. The maximum Gasteiger partial charge on any atom is 0.326 e. The summed E-state index contributed by atoms with van der Waals surface area (Å²) in [6.07, 6.45) is 5.45. The largest absolute Gasteiger partial charge is 0.366 e. The Balaban J connectivity index is 0.000000407. The number of nitrogens with zero attached hydrogens (tertiary/aromatic N) is 1. The zero-order chi connectivity index (χ0) is 23.4. The third-order valence-electron chi connectivity index (χ3n) is 4.35. The van der Waals surface area contributed by atoms with Crippen molar-refractivity contribution in [2.45, 2.75) is 50.8 Å². The number of hydrogen-bond acceptors (Lipinski definition) is 6. The maximum absolute atomic E-state index is 12.1. The van der Waals surface area contributed by atoms with Crippen LogP contribution in [0.1, 0.15) is 55.2 Å². The first-order valence-corrected chi connectivity index (χ1v) is 12.7. The van der Waals surface area contributed by atoms with Crippen molar-refractivity contribution in [3.05, 3.63) is 45.9 Å². The van der Waals surface area contributed by atoms with Gasteiger partial charge in [0.05, 0.1) is 9.90 Å². The molecule has 8 nitrogen and oxygen atoms in total. The number of thiocarbonyl (C=S) groups is 1. The van der Waals surface area contributed by atoms with Gasteiger partial charge in [-0.3, -0.25) is 0 Å². The minimum atomic E-state index is -3.96. The summed E-state index contributed by atoms with van der Waals surface area (Å²) in [5.74, 6) is -0.0341. The van der Waals surface area contributed by atoms with Crippen molar-refractivity contribution in [3.8, 4) is 0 Å². The highest BCUT2D eigenvalue weighted by Gasteiger charge is 2.21. The van der Waals surface area contributed by atoms with Crippen LogP contribution in [0.2, 0.25) is 0 Å². The molecule has 1 heterocycles. The summed E-state index contributed by atoms with van der Waals surface area (Å²) in [5.41, 5.74) is 6.25. The van der Waals surface area contributed by atoms with Crippen LogP contribution in [0.3, 0.4) is 0 Å². The molecule has 11 heteroatoms. The third-order valence-corrected chi connectivity index (χ3v) is 7.15. The van der Waals surface area contributed by atoms with Crippen LogP contribution in [0.15, 0.2) is 34.7 Å². The fourth-order valence-corrected chi connectivity index (χ4v) is 4.60. The summed E-state index contributed by atoms with van der Waals surface area (Å²) >= 11 is 6.39. The second-order valence-corrected chi connectivity index (χ2v) is 9.78. The Hall–Kier alpha value is -2.24. The van der Waals surface area contributed by atoms with Crippen molar-refractivity contribution < 1.29 is 13.2 Å². The van der Waals surface area contributed by atoms with E-state index < -0.39 is 16.1 Å². The number of benzene rings is 1. The first-order valence-electron chi connectivity index (χ1n) is 9.90. The molecule has 2 rings (SSSR count). The van der Waals surface area contributed by atoms with Crippen molar-refractivity contribution in [2.24, 2.45) is 5.73 Å². The van der Waals surface area contributed by atoms with Crippen LogP contribution in [-0.2, 0) is 10.0 Å². The molecular formula is C20H31N5O3S3. The fraction of sp³-hybridized carbons (Fsp3) is 0.450. The number of unbranched alkanes of at least 4 members (excludes halogenated alkanes) is 2. The Morgan fingerprint density at radius 1 is 1.32 bits per heavy atom. The minimum absolute atomic E-state index is 0.0341. The molecule has 1 aromatic carbocycles. The summed E-state index contributed by atoms with van der Waals surface area (Å²) in [4.78, 5) is 15.1. The van der Waals surface area contributed by atoms with Crippen LogP contribution in [0.4, 0.5) is 4.79 Å². The summed E-state index contributed by atoms with van der Waals surface area (Å²) in [7, 11) is -2.13. The van der Waals surface area contributed by atoms with Gasteiger partial charge in [-0.15, -0.1) is 11.3 Å². The highest BCUT2D eigenvalue weighted by atomic mass is 32.2. The SMILES string of the molecule is CCCCCNC(=S)NC.Cc1ccc(C(C)c2nccs2)cc1S(=O)(=O)NC(N)=O. The number of primary amides is 1. The second-order valence-electron chi connectivity index (χ2n) is 6.80. The maximum atomic E-state index is 12.1. The molecular weight excluding hydrogens is 454 g/mol. The second kappa shape index (κ2) is 13.2. The minimum Gasteiger partial charge on any atom is -0.366 e. The molecule has 0 aliphatic rings. The van der Waals surface area contributed by atoms with Crippen LogP contribution in [0.25, 0.3) is 0 Å². The van der Waals surface area contributed by atoms with Crippen LogP contribution in [-0.4, -0.2) is 38.1 Å². The lowest BCUT2D eigenvalue weighted by Crippen LogP contribution is -2.35. The lowest BCUT2D eigenvalue weighted by molar-refractivity contribution is 0.253. The van der Waals surface area contributed by atoms with E-state index >= 15 is 0 Å². The molecule has 2 aromatic rings. The van der Waals surface area contributed by atoms with Gasteiger partial charge >= 0.3 is 6.03 Å². The predicted molar refractivity (Wildman–Crippen MR) is 130 cm³/mol. The van der Waals surface area contributed by atoms with Gasteiger partial charge in [-0.05, 0) is 42.8 Å². The number of nitrogens with two attached hydrogens (primary N) is 1. The molecule has 1 atom stereocenters. The van der Waals surface area contributed by atoms with E-state index in [0.717, 1.165) is 22.2 Å². The highest BCUT2D eigenvalue weighted by molar-refractivity contribution is 7.90. The van der Waals surface area contributed by atoms with E-state index in [1.54, 1.807) is 30.0 Å². The highest BCUT2D eigenvalue weighted by Crippen LogP contribution is 2.28.